The van der Waals surface area contributed by atoms with Crippen molar-refractivity contribution in [3.8, 4) is 5.75 Å². The summed E-state index contributed by atoms with van der Waals surface area (Å²) in [6.07, 6.45) is 4.65. The van der Waals surface area contributed by atoms with Crippen molar-refractivity contribution in [2.45, 2.75) is 32.7 Å². The van der Waals surface area contributed by atoms with Gasteiger partial charge in [-0.3, -0.25) is 9.59 Å². The third-order valence-corrected chi connectivity index (χ3v) is 6.27. The number of hydrogen-bond acceptors (Lipinski definition) is 3. The molecule has 4 rings (SSSR count). The van der Waals surface area contributed by atoms with Crippen LogP contribution in [0.2, 0.25) is 0 Å². The van der Waals surface area contributed by atoms with E-state index in [0.29, 0.717) is 25.6 Å². The molecule has 0 spiro atoms. The minimum atomic E-state index is -0.223. The number of methoxy groups -OCH3 is 1. The van der Waals surface area contributed by atoms with E-state index in [9.17, 15) is 9.59 Å². The van der Waals surface area contributed by atoms with Crippen LogP contribution in [0.25, 0.3) is 0 Å². The smallest absolute Gasteiger partial charge is 0.263 e. The number of nitrogens with zero attached hydrogens (tertiary/aromatic N) is 2. The highest BCUT2D eigenvalue weighted by molar-refractivity contribution is 5.93. The summed E-state index contributed by atoms with van der Waals surface area (Å²) < 4.78 is 6.85. The predicted octanol–water partition coefficient (Wildman–Crippen LogP) is 4.31. The molecule has 0 N–H and O–H groups in total. The van der Waals surface area contributed by atoms with Gasteiger partial charge < -0.3 is 14.2 Å². The van der Waals surface area contributed by atoms with Gasteiger partial charge in [-0.15, -0.1) is 0 Å². The molecule has 0 unspecified atom stereocenters. The zero-order valence-electron chi connectivity index (χ0n) is 18.8. The fourth-order valence-electron chi connectivity index (χ4n) is 4.44. The molecule has 2 aromatic carbocycles. The molecule has 1 saturated heterocycles. The largest absolute Gasteiger partial charge is 0.497 e. The fourth-order valence-corrected chi connectivity index (χ4v) is 4.44. The third-order valence-electron chi connectivity index (χ3n) is 6.27. The van der Waals surface area contributed by atoms with Crippen LogP contribution in [0.4, 0.5) is 0 Å². The molecule has 0 radical (unpaired) electrons. The number of hydrogen-bond donors (Lipinski definition) is 0. The molecule has 166 valence electrons. The maximum absolute atomic E-state index is 13.1. The Balaban J connectivity index is 1.39. The lowest BCUT2D eigenvalue weighted by Gasteiger charge is -2.32. The van der Waals surface area contributed by atoms with Gasteiger partial charge in [0.15, 0.2) is 0 Å². The minimum Gasteiger partial charge on any atom is -0.497 e. The van der Waals surface area contributed by atoms with Gasteiger partial charge in [-0.05, 0) is 67.5 Å². The number of aromatic nitrogens is 1. The van der Waals surface area contributed by atoms with E-state index < -0.39 is 0 Å². The van der Waals surface area contributed by atoms with Crippen molar-refractivity contribution in [2.24, 2.45) is 5.92 Å². The number of benzene rings is 2. The van der Waals surface area contributed by atoms with Crippen molar-refractivity contribution in [1.82, 2.24) is 9.47 Å². The van der Waals surface area contributed by atoms with Crippen molar-refractivity contribution in [3.05, 3.63) is 99.5 Å². The Labute approximate surface area is 189 Å². The van der Waals surface area contributed by atoms with E-state index in [4.69, 9.17) is 4.74 Å². The molecule has 1 aromatic heterocycles. The Morgan fingerprint density at radius 2 is 1.75 bits per heavy atom. The van der Waals surface area contributed by atoms with Crippen LogP contribution in [0, 0.1) is 12.8 Å². The molecule has 0 saturated carbocycles. The molecule has 0 bridgehead atoms. The first-order valence-corrected chi connectivity index (χ1v) is 11.2. The van der Waals surface area contributed by atoms with Gasteiger partial charge in [-0.25, -0.2) is 0 Å². The predicted molar refractivity (Wildman–Crippen MR) is 126 cm³/mol. The van der Waals surface area contributed by atoms with E-state index >= 15 is 0 Å². The maximum Gasteiger partial charge on any atom is 0.263 e. The normalized spacial score (nSPS) is 14.4. The van der Waals surface area contributed by atoms with Crippen molar-refractivity contribution in [2.75, 3.05) is 20.2 Å². The number of likely N-dealkylation sites (tertiary alicyclic amines) is 1. The summed E-state index contributed by atoms with van der Waals surface area (Å²) in [6, 6.07) is 19.7. The zero-order valence-corrected chi connectivity index (χ0v) is 18.8. The molecule has 32 heavy (non-hydrogen) atoms. The molecule has 5 heteroatoms. The Morgan fingerprint density at radius 1 is 1.00 bits per heavy atom. The molecular weight excluding hydrogens is 400 g/mol. The summed E-state index contributed by atoms with van der Waals surface area (Å²) in [5.74, 6) is 1.25. The topological polar surface area (TPSA) is 51.5 Å². The highest BCUT2D eigenvalue weighted by Gasteiger charge is 2.25. The average molecular weight is 431 g/mol. The average Bonchev–Trinajstić information content (AvgIpc) is 2.81. The molecule has 5 nitrogen and oxygen atoms in total. The number of carbonyl (C=O) groups is 1. The second-order valence-corrected chi connectivity index (χ2v) is 8.63. The second kappa shape index (κ2) is 9.86. The van der Waals surface area contributed by atoms with Gasteiger partial charge in [0.2, 0.25) is 0 Å². The van der Waals surface area contributed by atoms with Gasteiger partial charge in [-0.1, -0.05) is 42.0 Å². The number of aryl methyl sites for hydroxylation is 1. The van der Waals surface area contributed by atoms with Crippen LogP contribution >= 0.6 is 0 Å². The molecule has 3 aromatic rings. The first kappa shape index (κ1) is 21.9. The van der Waals surface area contributed by atoms with Crippen LogP contribution in [0.5, 0.6) is 5.75 Å². The summed E-state index contributed by atoms with van der Waals surface area (Å²) in [6.45, 7) is 3.87. The quantitative estimate of drug-likeness (QED) is 0.586. The monoisotopic (exact) mass is 430 g/mol. The summed E-state index contributed by atoms with van der Waals surface area (Å²) in [4.78, 5) is 28.0. The first-order valence-electron chi connectivity index (χ1n) is 11.2. The third kappa shape index (κ3) is 5.10. The highest BCUT2D eigenvalue weighted by atomic mass is 16.5. The van der Waals surface area contributed by atoms with E-state index in [0.717, 1.165) is 36.1 Å². The van der Waals surface area contributed by atoms with Gasteiger partial charge in [0, 0.05) is 19.3 Å². The first-order chi connectivity index (χ1) is 15.5. The lowest BCUT2D eigenvalue weighted by atomic mass is 9.90. The fraction of sp³-hybridized carbons (Fsp3) is 0.333. The second-order valence-electron chi connectivity index (χ2n) is 8.63. The van der Waals surface area contributed by atoms with Crippen LogP contribution in [-0.4, -0.2) is 35.6 Å². The van der Waals surface area contributed by atoms with Crippen molar-refractivity contribution >= 4 is 5.91 Å². The van der Waals surface area contributed by atoms with Crippen LogP contribution in [0.3, 0.4) is 0 Å². The summed E-state index contributed by atoms with van der Waals surface area (Å²) in [5, 5.41) is 0. The standard InChI is InChI=1S/C27H30N2O3/c1-20-5-3-6-23(17-20)19-29-14-4-7-25(27(29)31)26(30)28-15-12-22(13-16-28)18-21-8-10-24(32-2)11-9-21/h3-11,14,17,22H,12-13,15-16,18-19H2,1-2H3. The number of rotatable bonds is 6. The maximum atomic E-state index is 13.1. The Hall–Kier alpha value is -3.34. The van der Waals surface area contributed by atoms with E-state index in [1.54, 1.807) is 30.0 Å². The van der Waals surface area contributed by atoms with Gasteiger partial charge in [0.25, 0.3) is 11.5 Å². The number of amides is 1. The van der Waals surface area contributed by atoms with Crippen LogP contribution in [0.1, 0.15) is 39.9 Å². The lowest BCUT2D eigenvalue weighted by Crippen LogP contribution is -2.41. The van der Waals surface area contributed by atoms with E-state index in [1.807, 2.05) is 42.2 Å². The summed E-state index contributed by atoms with van der Waals surface area (Å²) >= 11 is 0. The zero-order chi connectivity index (χ0) is 22.5. The summed E-state index contributed by atoms with van der Waals surface area (Å²) in [5.41, 5.74) is 3.53. The molecule has 0 atom stereocenters. The van der Waals surface area contributed by atoms with E-state index in [1.165, 1.54) is 5.56 Å². The molecule has 1 aliphatic rings. The van der Waals surface area contributed by atoms with Crippen LogP contribution < -0.4 is 10.3 Å². The number of ether oxygens (including phenoxy) is 1. The molecule has 0 aliphatic carbocycles. The van der Waals surface area contributed by atoms with Crippen LogP contribution in [0.15, 0.2) is 71.7 Å². The van der Waals surface area contributed by atoms with E-state index in [-0.39, 0.29) is 17.0 Å². The number of carbonyl (C=O) groups excluding carboxylic acids is 1. The molecule has 1 amide bonds. The van der Waals surface area contributed by atoms with Gasteiger partial charge in [0.05, 0.1) is 13.7 Å². The number of piperidine rings is 1. The Kier molecular flexibility index (Phi) is 6.74. The van der Waals surface area contributed by atoms with Crippen molar-refractivity contribution in [1.29, 1.82) is 0 Å². The van der Waals surface area contributed by atoms with Crippen LogP contribution in [-0.2, 0) is 13.0 Å². The highest BCUT2D eigenvalue weighted by Crippen LogP contribution is 2.23. The SMILES string of the molecule is COc1ccc(CC2CCN(C(=O)c3cccn(Cc4cccc(C)c4)c3=O)CC2)cc1. The Bertz CT molecular complexity index is 1130. The van der Waals surface area contributed by atoms with Gasteiger partial charge >= 0.3 is 0 Å². The molecule has 1 fully saturated rings. The van der Waals surface area contributed by atoms with Crippen molar-refractivity contribution in [3.63, 3.8) is 0 Å². The molecular formula is C27H30N2O3. The molecule has 2 heterocycles. The summed E-state index contributed by atoms with van der Waals surface area (Å²) in [7, 11) is 1.67. The van der Waals surface area contributed by atoms with E-state index in [2.05, 4.69) is 18.2 Å². The van der Waals surface area contributed by atoms with Gasteiger partial charge in [0.1, 0.15) is 11.3 Å². The Morgan fingerprint density at radius 3 is 2.44 bits per heavy atom. The lowest BCUT2D eigenvalue weighted by molar-refractivity contribution is 0.0688. The van der Waals surface area contributed by atoms with Gasteiger partial charge in [-0.2, -0.15) is 0 Å². The van der Waals surface area contributed by atoms with Crippen molar-refractivity contribution < 1.29 is 9.53 Å². The number of pyridine rings is 1. The molecule has 1 aliphatic heterocycles. The minimum absolute atomic E-state index is 0.156.